The predicted molar refractivity (Wildman–Crippen MR) is 93.8 cm³/mol. The normalized spacial score (nSPS) is 10.1. The topological polar surface area (TPSA) is 74.2 Å². The Morgan fingerprint density at radius 3 is 2.54 bits per heavy atom. The average Bonchev–Trinajstić information content (AvgIpc) is 2.55. The lowest BCUT2D eigenvalue weighted by Gasteiger charge is -2.14. The lowest BCUT2D eigenvalue weighted by molar-refractivity contribution is 0.250. The molecule has 0 heterocycles. The van der Waals surface area contributed by atoms with Crippen LogP contribution in [0.4, 0.5) is 10.5 Å². The van der Waals surface area contributed by atoms with E-state index in [1.54, 1.807) is 0 Å². The van der Waals surface area contributed by atoms with Gasteiger partial charge in [0.15, 0.2) is 0 Å². The second kappa shape index (κ2) is 8.59. The number of rotatable bonds is 6. The third-order valence-electron chi connectivity index (χ3n) is 3.29. The number of carbonyl (C=O) groups excluding carboxylic acids is 1. The van der Waals surface area contributed by atoms with Crippen LogP contribution in [0.15, 0.2) is 48.5 Å². The van der Waals surface area contributed by atoms with Gasteiger partial charge in [-0.2, -0.15) is 5.26 Å². The molecule has 0 aliphatic carbocycles. The zero-order chi connectivity index (χ0) is 17.4. The van der Waals surface area contributed by atoms with Crippen LogP contribution in [0.2, 0.25) is 0 Å². The molecule has 0 aromatic heterocycles. The van der Waals surface area contributed by atoms with Gasteiger partial charge in [0.1, 0.15) is 12.4 Å². The molecule has 5 heteroatoms. The van der Waals surface area contributed by atoms with Gasteiger partial charge >= 0.3 is 6.03 Å². The summed E-state index contributed by atoms with van der Waals surface area (Å²) in [6.45, 7) is 4.16. The number of nitrogens with one attached hydrogen (secondary N) is 2. The molecule has 5 nitrogen and oxygen atoms in total. The molecular formula is C19H21N3O2. The summed E-state index contributed by atoms with van der Waals surface area (Å²) in [5.41, 5.74) is 2.56. The third-order valence-corrected chi connectivity index (χ3v) is 3.29. The second-order valence-corrected chi connectivity index (χ2v) is 5.68. The van der Waals surface area contributed by atoms with Gasteiger partial charge < -0.3 is 15.4 Å². The SMILES string of the molecule is CC(C)NC(=O)Nc1ccccc1COc1ccc(CC#N)cc1. The van der Waals surface area contributed by atoms with Gasteiger partial charge in [-0.1, -0.05) is 30.3 Å². The van der Waals surface area contributed by atoms with Crippen LogP contribution in [0.5, 0.6) is 5.75 Å². The molecule has 0 saturated carbocycles. The molecule has 24 heavy (non-hydrogen) atoms. The lowest BCUT2D eigenvalue weighted by Crippen LogP contribution is -2.34. The van der Waals surface area contributed by atoms with Gasteiger partial charge in [0.05, 0.1) is 12.5 Å². The maximum atomic E-state index is 11.9. The summed E-state index contributed by atoms with van der Waals surface area (Å²) in [4.78, 5) is 11.9. The van der Waals surface area contributed by atoms with Gasteiger partial charge in [-0.25, -0.2) is 4.79 Å². The van der Waals surface area contributed by atoms with Crippen molar-refractivity contribution in [1.82, 2.24) is 5.32 Å². The van der Waals surface area contributed by atoms with Crippen LogP contribution in [0, 0.1) is 11.3 Å². The highest BCUT2D eigenvalue weighted by Gasteiger charge is 2.08. The van der Waals surface area contributed by atoms with E-state index >= 15 is 0 Å². The highest BCUT2D eigenvalue weighted by molar-refractivity contribution is 5.90. The number of para-hydroxylation sites is 1. The Morgan fingerprint density at radius 1 is 1.17 bits per heavy atom. The first-order chi connectivity index (χ1) is 11.6. The lowest BCUT2D eigenvalue weighted by atomic mass is 10.1. The van der Waals surface area contributed by atoms with Crippen LogP contribution in [-0.4, -0.2) is 12.1 Å². The molecule has 0 spiro atoms. The van der Waals surface area contributed by atoms with E-state index in [-0.39, 0.29) is 12.1 Å². The highest BCUT2D eigenvalue weighted by Crippen LogP contribution is 2.19. The average molecular weight is 323 g/mol. The number of amides is 2. The zero-order valence-corrected chi connectivity index (χ0v) is 13.9. The Kier molecular flexibility index (Phi) is 6.21. The first-order valence-corrected chi connectivity index (χ1v) is 7.82. The van der Waals surface area contributed by atoms with E-state index in [1.807, 2.05) is 62.4 Å². The van der Waals surface area contributed by atoms with Crippen molar-refractivity contribution in [1.29, 1.82) is 5.26 Å². The fourth-order valence-electron chi connectivity index (χ4n) is 2.14. The smallest absolute Gasteiger partial charge is 0.319 e. The molecular weight excluding hydrogens is 302 g/mol. The fourth-order valence-corrected chi connectivity index (χ4v) is 2.14. The van der Waals surface area contributed by atoms with Gasteiger partial charge in [0.25, 0.3) is 0 Å². The molecule has 2 rings (SSSR count). The van der Waals surface area contributed by atoms with E-state index in [0.717, 1.165) is 22.6 Å². The van der Waals surface area contributed by atoms with Crippen molar-refractivity contribution in [3.8, 4) is 11.8 Å². The van der Waals surface area contributed by atoms with Crippen molar-refractivity contribution < 1.29 is 9.53 Å². The number of anilines is 1. The van der Waals surface area contributed by atoms with E-state index in [1.165, 1.54) is 0 Å². The molecule has 0 fully saturated rings. The Bertz CT molecular complexity index is 718. The van der Waals surface area contributed by atoms with Gasteiger partial charge in [-0.15, -0.1) is 0 Å². The van der Waals surface area contributed by atoms with Crippen LogP contribution in [-0.2, 0) is 13.0 Å². The number of ether oxygens (including phenoxy) is 1. The minimum atomic E-state index is -0.238. The minimum absolute atomic E-state index is 0.0698. The van der Waals surface area contributed by atoms with Crippen LogP contribution in [0.3, 0.4) is 0 Å². The summed E-state index contributed by atoms with van der Waals surface area (Å²) in [5, 5.41) is 14.3. The van der Waals surface area contributed by atoms with Crippen LogP contribution in [0.25, 0.3) is 0 Å². The number of nitriles is 1. The van der Waals surface area contributed by atoms with Gasteiger partial charge in [-0.3, -0.25) is 0 Å². The second-order valence-electron chi connectivity index (χ2n) is 5.68. The number of hydrogen-bond acceptors (Lipinski definition) is 3. The first kappa shape index (κ1) is 17.4. The minimum Gasteiger partial charge on any atom is -0.489 e. The Morgan fingerprint density at radius 2 is 1.88 bits per heavy atom. The molecule has 2 N–H and O–H groups in total. The quantitative estimate of drug-likeness (QED) is 0.847. The predicted octanol–water partition coefficient (Wildman–Crippen LogP) is 3.86. The van der Waals surface area contributed by atoms with Gasteiger partial charge in [0, 0.05) is 17.3 Å². The third kappa shape index (κ3) is 5.33. The van der Waals surface area contributed by atoms with Crippen LogP contribution < -0.4 is 15.4 Å². The molecule has 0 atom stereocenters. The van der Waals surface area contributed by atoms with Gasteiger partial charge in [-0.05, 0) is 37.6 Å². The number of hydrogen-bond donors (Lipinski definition) is 2. The van der Waals surface area contributed by atoms with E-state index in [9.17, 15) is 4.79 Å². The summed E-state index contributed by atoms with van der Waals surface area (Å²) < 4.78 is 5.77. The molecule has 2 aromatic carbocycles. The summed E-state index contributed by atoms with van der Waals surface area (Å²) in [5.74, 6) is 0.720. The van der Waals surface area contributed by atoms with E-state index < -0.39 is 0 Å². The molecule has 0 saturated heterocycles. The molecule has 0 aliphatic rings. The number of urea groups is 1. The zero-order valence-electron chi connectivity index (χ0n) is 13.9. The maximum absolute atomic E-state index is 11.9. The maximum Gasteiger partial charge on any atom is 0.319 e. The molecule has 124 valence electrons. The Labute approximate surface area is 142 Å². The summed E-state index contributed by atoms with van der Waals surface area (Å²) >= 11 is 0. The summed E-state index contributed by atoms with van der Waals surface area (Å²) in [7, 11) is 0. The Balaban J connectivity index is 1.99. The van der Waals surface area contributed by atoms with Crippen molar-refractivity contribution in [2.75, 3.05) is 5.32 Å². The van der Waals surface area contributed by atoms with Crippen LogP contribution in [0.1, 0.15) is 25.0 Å². The van der Waals surface area contributed by atoms with Crippen molar-refractivity contribution in [3.63, 3.8) is 0 Å². The van der Waals surface area contributed by atoms with Crippen LogP contribution >= 0.6 is 0 Å². The van der Waals surface area contributed by atoms with Crippen molar-refractivity contribution in [2.24, 2.45) is 0 Å². The fraction of sp³-hybridized carbons (Fsp3) is 0.263. The van der Waals surface area contributed by atoms with Crippen molar-refractivity contribution in [3.05, 3.63) is 59.7 Å². The molecule has 2 aromatic rings. The largest absolute Gasteiger partial charge is 0.489 e. The molecule has 2 amide bonds. The monoisotopic (exact) mass is 323 g/mol. The molecule has 0 aliphatic heterocycles. The summed E-state index contributed by atoms with van der Waals surface area (Å²) in [6, 6.07) is 16.9. The number of carbonyl (C=O) groups is 1. The van der Waals surface area contributed by atoms with E-state index in [4.69, 9.17) is 10.00 Å². The Hall–Kier alpha value is -3.00. The molecule has 0 unspecified atom stereocenters. The highest BCUT2D eigenvalue weighted by atomic mass is 16.5. The van der Waals surface area contributed by atoms with E-state index in [0.29, 0.717) is 13.0 Å². The summed E-state index contributed by atoms with van der Waals surface area (Å²) in [6.07, 6.45) is 0.387. The number of benzene rings is 2. The first-order valence-electron chi connectivity index (χ1n) is 7.82. The van der Waals surface area contributed by atoms with Crippen molar-refractivity contribution >= 4 is 11.7 Å². The molecule has 0 bridgehead atoms. The van der Waals surface area contributed by atoms with Gasteiger partial charge in [0.2, 0.25) is 0 Å². The molecule has 0 radical (unpaired) electrons. The standard InChI is InChI=1S/C19H21N3O2/c1-14(2)21-19(23)22-18-6-4-3-5-16(18)13-24-17-9-7-15(8-10-17)11-12-20/h3-10,14H,11,13H2,1-2H3,(H2,21,22,23). The van der Waals surface area contributed by atoms with Crippen molar-refractivity contribution in [2.45, 2.75) is 32.9 Å². The van der Waals surface area contributed by atoms with E-state index in [2.05, 4.69) is 16.7 Å². The number of nitrogens with zero attached hydrogens (tertiary/aromatic N) is 1.